The quantitative estimate of drug-likeness (QED) is 0.477. The van der Waals surface area contributed by atoms with Gasteiger partial charge in [0.1, 0.15) is 10.6 Å². The Morgan fingerprint density at radius 3 is 2.61 bits per heavy atom. The van der Waals surface area contributed by atoms with Crippen LogP contribution < -0.4 is 9.88 Å². The molecular weight excluding hydrogens is 396 g/mol. The molecule has 144 valence electrons. The van der Waals surface area contributed by atoms with Crippen LogP contribution in [-0.2, 0) is 16.1 Å². The number of carbonyl (C=O) groups is 2. The van der Waals surface area contributed by atoms with Crippen LogP contribution in [0.1, 0.15) is 23.0 Å². The highest BCUT2D eigenvalue weighted by atomic mass is 35.5. The van der Waals surface area contributed by atoms with E-state index in [9.17, 15) is 9.59 Å². The van der Waals surface area contributed by atoms with Gasteiger partial charge in [-0.3, -0.25) is 4.79 Å². The largest absolute Gasteiger partial charge is 0.462 e. The summed E-state index contributed by atoms with van der Waals surface area (Å²) in [6, 6.07) is 13.0. The van der Waals surface area contributed by atoms with Gasteiger partial charge in [0.25, 0.3) is 5.91 Å². The highest BCUT2D eigenvalue weighted by molar-refractivity contribution is 7.15. The van der Waals surface area contributed by atoms with Crippen molar-refractivity contribution in [3.8, 4) is 11.1 Å². The van der Waals surface area contributed by atoms with Gasteiger partial charge >= 0.3 is 5.97 Å². The number of aryl methyl sites for hydroxylation is 1. The molecule has 1 aromatic carbocycles. The maximum absolute atomic E-state index is 12.6. The Balaban J connectivity index is 1.92. The summed E-state index contributed by atoms with van der Waals surface area (Å²) in [7, 11) is 0. The van der Waals surface area contributed by atoms with Crippen LogP contribution in [0.15, 0.2) is 54.0 Å². The van der Waals surface area contributed by atoms with Gasteiger partial charge < -0.3 is 10.1 Å². The highest BCUT2D eigenvalue weighted by Crippen LogP contribution is 2.39. The molecule has 0 saturated carbocycles. The van der Waals surface area contributed by atoms with Crippen molar-refractivity contribution in [3.05, 3.63) is 70.3 Å². The Morgan fingerprint density at radius 1 is 1.14 bits per heavy atom. The predicted octanol–water partition coefficient (Wildman–Crippen LogP) is 4.48. The molecule has 0 unspecified atom stereocenters. The first kappa shape index (κ1) is 20.0. The zero-order valence-electron chi connectivity index (χ0n) is 15.6. The zero-order chi connectivity index (χ0) is 20.1. The molecule has 5 nitrogen and oxygen atoms in total. The number of hydrogen-bond acceptors (Lipinski definition) is 4. The summed E-state index contributed by atoms with van der Waals surface area (Å²) in [5, 5.41) is 5.64. The number of carbonyl (C=O) groups excluding carboxylic acids is 2. The molecule has 0 radical (unpaired) electrons. The van der Waals surface area contributed by atoms with Gasteiger partial charge in [-0.25, -0.2) is 4.79 Å². The number of hydrogen-bond donors (Lipinski definition) is 1. The first-order chi connectivity index (χ1) is 13.5. The van der Waals surface area contributed by atoms with Gasteiger partial charge in [-0.15, -0.1) is 11.3 Å². The maximum atomic E-state index is 12.6. The van der Waals surface area contributed by atoms with Crippen molar-refractivity contribution in [2.24, 2.45) is 0 Å². The number of esters is 1. The lowest BCUT2D eigenvalue weighted by Gasteiger charge is -2.09. The number of aromatic nitrogens is 1. The van der Waals surface area contributed by atoms with Crippen molar-refractivity contribution in [1.29, 1.82) is 0 Å². The fourth-order valence-electron chi connectivity index (χ4n) is 2.79. The maximum Gasteiger partial charge on any atom is 0.341 e. The van der Waals surface area contributed by atoms with E-state index in [1.165, 1.54) is 11.3 Å². The van der Waals surface area contributed by atoms with Gasteiger partial charge in [0.05, 0.1) is 6.61 Å². The van der Waals surface area contributed by atoms with Crippen LogP contribution in [0.3, 0.4) is 0 Å². The van der Waals surface area contributed by atoms with Crippen molar-refractivity contribution in [1.82, 2.24) is 0 Å². The molecule has 1 amide bonds. The van der Waals surface area contributed by atoms with Crippen molar-refractivity contribution in [2.45, 2.75) is 20.4 Å². The number of benzene rings is 1. The van der Waals surface area contributed by atoms with Crippen molar-refractivity contribution in [3.63, 3.8) is 0 Å². The monoisotopic (exact) mass is 415 g/mol. The van der Waals surface area contributed by atoms with E-state index in [2.05, 4.69) is 5.32 Å². The van der Waals surface area contributed by atoms with Crippen LogP contribution in [0, 0.1) is 6.92 Å². The third-order valence-corrected chi connectivity index (χ3v) is 5.39. The molecule has 28 heavy (non-hydrogen) atoms. The van der Waals surface area contributed by atoms with Crippen LogP contribution >= 0.6 is 22.9 Å². The van der Waals surface area contributed by atoms with Crippen molar-refractivity contribution < 1.29 is 18.9 Å². The Kier molecular flexibility index (Phi) is 6.44. The summed E-state index contributed by atoms with van der Waals surface area (Å²) in [6.45, 7) is 4.06. The SMILES string of the molecule is CCOC(=O)c1c(-c2ccccc2Cl)csc1NC(=O)C[n+]1ccccc1C. The van der Waals surface area contributed by atoms with Crippen molar-refractivity contribution >= 4 is 39.8 Å². The average molecular weight is 416 g/mol. The van der Waals surface area contributed by atoms with Gasteiger partial charge in [-0.2, -0.15) is 4.57 Å². The fourth-order valence-corrected chi connectivity index (χ4v) is 4.00. The smallest absolute Gasteiger partial charge is 0.341 e. The van der Waals surface area contributed by atoms with Crippen LogP contribution in [-0.4, -0.2) is 18.5 Å². The number of pyridine rings is 1. The molecule has 7 heteroatoms. The van der Waals surface area contributed by atoms with Crippen LogP contribution in [0.25, 0.3) is 11.1 Å². The summed E-state index contributed by atoms with van der Waals surface area (Å²) in [6.07, 6.45) is 1.84. The normalized spacial score (nSPS) is 10.5. The molecule has 0 atom stereocenters. The number of nitrogens with zero attached hydrogens (tertiary/aromatic N) is 1. The van der Waals surface area contributed by atoms with Gasteiger partial charge in [0, 0.05) is 40.6 Å². The first-order valence-electron chi connectivity index (χ1n) is 8.79. The fraction of sp³-hybridized carbons (Fsp3) is 0.190. The van der Waals surface area contributed by atoms with Gasteiger partial charge in [0.15, 0.2) is 11.9 Å². The number of thiophene rings is 1. The second kappa shape index (κ2) is 8.99. The number of rotatable bonds is 6. The Morgan fingerprint density at radius 2 is 1.89 bits per heavy atom. The number of anilines is 1. The minimum absolute atomic E-state index is 0.147. The molecule has 1 N–H and O–H groups in total. The molecule has 0 spiro atoms. The lowest BCUT2D eigenvalue weighted by molar-refractivity contribution is -0.690. The molecule has 0 aliphatic heterocycles. The topological polar surface area (TPSA) is 59.3 Å². The van der Waals surface area contributed by atoms with E-state index in [1.54, 1.807) is 13.0 Å². The molecule has 0 aliphatic rings. The van der Waals surface area contributed by atoms with Gasteiger partial charge in [0.2, 0.25) is 6.54 Å². The van der Waals surface area contributed by atoms with Crippen LogP contribution in [0.2, 0.25) is 5.02 Å². The minimum atomic E-state index is -0.488. The Bertz CT molecular complexity index is 1020. The summed E-state index contributed by atoms with van der Waals surface area (Å²) in [5.41, 5.74) is 2.65. The van der Waals surface area contributed by atoms with Gasteiger partial charge in [-0.1, -0.05) is 35.9 Å². The number of ether oxygens (including phenoxy) is 1. The van der Waals surface area contributed by atoms with Crippen molar-refractivity contribution in [2.75, 3.05) is 11.9 Å². The molecule has 3 rings (SSSR count). The van der Waals surface area contributed by atoms with E-state index in [1.807, 2.05) is 59.5 Å². The molecular formula is C21H20ClN2O3S+. The third kappa shape index (κ3) is 4.40. The summed E-state index contributed by atoms with van der Waals surface area (Å²) in [5.74, 6) is -0.713. The average Bonchev–Trinajstić information content (AvgIpc) is 3.07. The van der Waals surface area contributed by atoms with E-state index in [0.717, 1.165) is 11.3 Å². The number of halogens is 1. The van der Waals surface area contributed by atoms with E-state index in [4.69, 9.17) is 16.3 Å². The lowest BCUT2D eigenvalue weighted by atomic mass is 10.0. The second-order valence-electron chi connectivity index (χ2n) is 6.07. The molecule has 0 fully saturated rings. The molecule has 2 heterocycles. The van der Waals surface area contributed by atoms with E-state index < -0.39 is 5.97 Å². The highest BCUT2D eigenvalue weighted by Gasteiger charge is 2.24. The third-order valence-electron chi connectivity index (χ3n) is 4.17. The molecule has 3 aromatic rings. The molecule has 0 bridgehead atoms. The number of nitrogens with one attached hydrogen (secondary N) is 1. The molecule has 0 saturated heterocycles. The standard InChI is InChI=1S/C21H19ClN2O3S/c1-3-27-21(26)19-16(15-9-4-5-10-17(15)22)13-28-20(19)23-18(25)12-24-11-7-6-8-14(24)2/h4-11,13H,3,12H2,1-2H3/p+1. The van der Waals surface area contributed by atoms with Crippen LogP contribution in [0.5, 0.6) is 0 Å². The zero-order valence-corrected chi connectivity index (χ0v) is 17.1. The van der Waals surface area contributed by atoms with Crippen LogP contribution in [0.4, 0.5) is 5.00 Å². The van der Waals surface area contributed by atoms with E-state index in [0.29, 0.717) is 21.2 Å². The lowest BCUT2D eigenvalue weighted by Crippen LogP contribution is -2.42. The first-order valence-corrected chi connectivity index (χ1v) is 10.1. The Labute approximate surface area is 172 Å². The predicted molar refractivity (Wildman–Crippen MR) is 111 cm³/mol. The minimum Gasteiger partial charge on any atom is -0.462 e. The summed E-state index contributed by atoms with van der Waals surface area (Å²) >= 11 is 7.59. The van der Waals surface area contributed by atoms with E-state index >= 15 is 0 Å². The summed E-state index contributed by atoms with van der Waals surface area (Å²) in [4.78, 5) is 25.2. The summed E-state index contributed by atoms with van der Waals surface area (Å²) < 4.78 is 7.05. The van der Waals surface area contributed by atoms with E-state index in [-0.39, 0.29) is 19.1 Å². The second-order valence-corrected chi connectivity index (χ2v) is 7.36. The molecule has 0 aliphatic carbocycles. The van der Waals surface area contributed by atoms with Gasteiger partial charge in [-0.05, 0) is 13.0 Å². The number of amides is 1. The Hall–Kier alpha value is -2.70. The molecule has 2 aromatic heterocycles.